The molecule has 0 atom stereocenters. The van der Waals surface area contributed by atoms with Gasteiger partial charge in [0.1, 0.15) is 18.6 Å². The van der Waals surface area contributed by atoms with Crippen molar-refractivity contribution in [3.63, 3.8) is 0 Å². The van der Waals surface area contributed by atoms with Crippen LogP contribution in [0.2, 0.25) is 0 Å². The maximum atomic E-state index is 13.8. The monoisotopic (exact) mass is 471 g/mol. The predicted octanol–water partition coefficient (Wildman–Crippen LogP) is 2.89. The van der Waals surface area contributed by atoms with Gasteiger partial charge < -0.3 is 14.8 Å². The molecule has 2 aromatic heterocycles. The van der Waals surface area contributed by atoms with Crippen LogP contribution in [0.5, 0.6) is 11.5 Å². The fraction of sp³-hybridized carbons (Fsp3) is 0.143. The minimum absolute atomic E-state index is 0.0734. The number of hydrogen-bond donors (Lipinski definition) is 2. The van der Waals surface area contributed by atoms with Gasteiger partial charge >= 0.3 is 0 Å². The topological polar surface area (TPSA) is 111 Å². The number of carbonyl (C=O) groups excluding carboxylic acids is 1. The number of ether oxygens (including phenoxy) is 2. The number of nitrogens with one attached hydrogen (secondary N) is 2. The predicted molar refractivity (Wildman–Crippen MR) is 116 cm³/mol. The number of anilines is 1. The molecule has 0 spiro atoms. The van der Waals surface area contributed by atoms with Crippen LogP contribution in [-0.2, 0) is 4.79 Å². The number of hydrogen-bond acceptors (Lipinski definition) is 7. The average molecular weight is 471 g/mol. The molecule has 2 aromatic carbocycles. The summed E-state index contributed by atoms with van der Waals surface area (Å²) in [4.78, 5) is 29.9. The highest BCUT2D eigenvalue weighted by molar-refractivity contribution is 7.99. The van der Waals surface area contributed by atoms with E-state index in [4.69, 9.17) is 9.47 Å². The molecule has 1 aliphatic heterocycles. The Morgan fingerprint density at radius 1 is 1.12 bits per heavy atom. The van der Waals surface area contributed by atoms with Crippen LogP contribution in [0.4, 0.5) is 14.5 Å². The van der Waals surface area contributed by atoms with Gasteiger partial charge in [-0.1, -0.05) is 11.8 Å². The summed E-state index contributed by atoms with van der Waals surface area (Å²) in [5, 5.41) is 9.45. The number of aromatic amines is 1. The van der Waals surface area contributed by atoms with Gasteiger partial charge in [0.2, 0.25) is 5.91 Å². The van der Waals surface area contributed by atoms with Crippen LogP contribution in [0.15, 0.2) is 52.5 Å². The summed E-state index contributed by atoms with van der Waals surface area (Å²) in [5.41, 5.74) is 0.271. The molecule has 4 aromatic rings. The van der Waals surface area contributed by atoms with Crippen molar-refractivity contribution in [3.05, 3.63) is 64.6 Å². The smallest absolute Gasteiger partial charge is 0.269 e. The van der Waals surface area contributed by atoms with Gasteiger partial charge in [-0.15, -0.1) is 0 Å². The number of nitrogens with zero attached hydrogens (tertiary/aromatic N) is 3. The highest BCUT2D eigenvalue weighted by Gasteiger charge is 2.18. The molecular weight excluding hydrogens is 456 g/mol. The highest BCUT2D eigenvalue weighted by atomic mass is 32.2. The number of thioether (sulfide) groups is 1. The second-order valence-electron chi connectivity index (χ2n) is 6.96. The molecule has 33 heavy (non-hydrogen) atoms. The normalized spacial score (nSPS) is 12.7. The summed E-state index contributed by atoms with van der Waals surface area (Å²) in [6.45, 7) is 0.881. The second-order valence-corrected chi connectivity index (χ2v) is 7.90. The lowest BCUT2D eigenvalue weighted by atomic mass is 10.2. The van der Waals surface area contributed by atoms with Crippen molar-refractivity contribution in [1.29, 1.82) is 0 Å². The first-order valence-corrected chi connectivity index (χ1v) is 10.7. The van der Waals surface area contributed by atoms with E-state index in [1.54, 1.807) is 18.2 Å². The lowest BCUT2D eigenvalue weighted by Crippen LogP contribution is -2.23. The van der Waals surface area contributed by atoms with Gasteiger partial charge in [-0.3, -0.25) is 19.3 Å². The fourth-order valence-electron chi connectivity index (χ4n) is 3.27. The SMILES string of the molecule is O=C(CSc1nc2[nH]ncc2c(=O)n1-c1ccc(F)c(F)c1)Nc1ccc2c(c1)OCCO2. The third kappa shape index (κ3) is 4.12. The van der Waals surface area contributed by atoms with Crippen LogP contribution in [0.1, 0.15) is 0 Å². The largest absolute Gasteiger partial charge is 0.486 e. The van der Waals surface area contributed by atoms with Crippen LogP contribution in [0, 0.1) is 11.6 Å². The molecule has 0 aliphatic carbocycles. The third-order valence-corrected chi connectivity index (χ3v) is 5.71. The number of fused-ring (bicyclic) bond motifs is 2. The standard InChI is InChI=1S/C21H15F2N5O4S/c22-14-3-2-12(8-15(14)23)28-20(30)13-9-24-27-19(13)26-21(28)33-10-18(29)25-11-1-4-16-17(7-11)32-6-5-31-16/h1-4,7-9H,5-6,10H2,(H,24,27)(H,25,29). The number of benzene rings is 2. The van der Waals surface area contributed by atoms with Crippen LogP contribution in [0.3, 0.4) is 0 Å². The molecule has 0 unspecified atom stereocenters. The lowest BCUT2D eigenvalue weighted by molar-refractivity contribution is -0.113. The zero-order chi connectivity index (χ0) is 22.9. The van der Waals surface area contributed by atoms with Crippen molar-refractivity contribution in [2.75, 3.05) is 24.3 Å². The van der Waals surface area contributed by atoms with Gasteiger partial charge in [0.15, 0.2) is 33.9 Å². The minimum Gasteiger partial charge on any atom is -0.486 e. The van der Waals surface area contributed by atoms with E-state index in [1.165, 1.54) is 12.3 Å². The number of amides is 1. The Morgan fingerprint density at radius 3 is 2.76 bits per heavy atom. The number of aromatic nitrogens is 4. The van der Waals surface area contributed by atoms with E-state index in [0.717, 1.165) is 28.5 Å². The molecule has 9 nitrogen and oxygen atoms in total. The van der Waals surface area contributed by atoms with Gasteiger partial charge in [-0.25, -0.2) is 13.8 Å². The Kier molecular flexibility index (Phi) is 5.42. The molecule has 12 heteroatoms. The van der Waals surface area contributed by atoms with Gasteiger partial charge in [0.25, 0.3) is 5.56 Å². The molecule has 0 saturated heterocycles. The molecule has 168 valence electrons. The summed E-state index contributed by atoms with van der Waals surface area (Å²) >= 11 is 0.960. The van der Waals surface area contributed by atoms with Crippen LogP contribution in [0.25, 0.3) is 16.7 Å². The molecule has 0 saturated carbocycles. The van der Waals surface area contributed by atoms with Crippen molar-refractivity contribution in [2.24, 2.45) is 0 Å². The van der Waals surface area contributed by atoms with Crippen molar-refractivity contribution in [2.45, 2.75) is 5.16 Å². The van der Waals surface area contributed by atoms with Crippen molar-refractivity contribution < 1.29 is 23.0 Å². The van der Waals surface area contributed by atoms with Crippen LogP contribution in [-0.4, -0.2) is 44.6 Å². The summed E-state index contributed by atoms with van der Waals surface area (Å²) < 4.78 is 39.3. The quantitative estimate of drug-likeness (QED) is 0.340. The average Bonchev–Trinajstić information content (AvgIpc) is 3.29. The lowest BCUT2D eigenvalue weighted by Gasteiger charge is -2.19. The number of carbonyl (C=O) groups is 1. The maximum Gasteiger partial charge on any atom is 0.269 e. The molecule has 1 aliphatic rings. The third-order valence-electron chi connectivity index (χ3n) is 4.77. The first-order chi connectivity index (χ1) is 16.0. The highest BCUT2D eigenvalue weighted by Crippen LogP contribution is 2.32. The Hall–Kier alpha value is -3.93. The van der Waals surface area contributed by atoms with Crippen LogP contribution >= 0.6 is 11.8 Å². The van der Waals surface area contributed by atoms with E-state index in [9.17, 15) is 18.4 Å². The summed E-state index contributed by atoms with van der Waals surface area (Å²) in [5.74, 6) is -1.50. The second kappa shape index (κ2) is 8.54. The van der Waals surface area contributed by atoms with Gasteiger partial charge in [0.05, 0.1) is 17.6 Å². The number of halogens is 2. The van der Waals surface area contributed by atoms with E-state index in [2.05, 4.69) is 20.5 Å². The molecule has 2 N–H and O–H groups in total. The van der Waals surface area contributed by atoms with Gasteiger partial charge in [-0.05, 0) is 24.3 Å². The Bertz CT molecular complexity index is 1440. The molecule has 5 rings (SSSR count). The van der Waals surface area contributed by atoms with Crippen molar-refractivity contribution >= 4 is 34.4 Å². The molecule has 0 radical (unpaired) electrons. The van der Waals surface area contributed by atoms with E-state index in [0.29, 0.717) is 30.4 Å². The van der Waals surface area contributed by atoms with E-state index in [-0.39, 0.29) is 33.5 Å². The number of H-pyrrole nitrogens is 1. The zero-order valence-corrected chi connectivity index (χ0v) is 17.6. The van der Waals surface area contributed by atoms with E-state index in [1.807, 2.05) is 0 Å². The Morgan fingerprint density at radius 2 is 1.94 bits per heavy atom. The maximum absolute atomic E-state index is 13.8. The van der Waals surface area contributed by atoms with E-state index < -0.39 is 17.2 Å². The van der Waals surface area contributed by atoms with Crippen molar-refractivity contribution in [1.82, 2.24) is 19.7 Å². The van der Waals surface area contributed by atoms with Crippen molar-refractivity contribution in [3.8, 4) is 17.2 Å². The summed E-state index contributed by atoms with van der Waals surface area (Å²) in [6.07, 6.45) is 1.30. The van der Waals surface area contributed by atoms with Gasteiger partial charge in [0, 0.05) is 17.8 Å². The first-order valence-electron chi connectivity index (χ1n) is 9.73. The fourth-order valence-corrected chi connectivity index (χ4v) is 4.08. The zero-order valence-electron chi connectivity index (χ0n) is 16.8. The Labute approximate surface area is 188 Å². The summed E-state index contributed by atoms with van der Waals surface area (Å²) in [6, 6.07) is 8.10. The first kappa shape index (κ1) is 20.9. The Balaban J connectivity index is 1.41. The number of rotatable bonds is 5. The molecular formula is C21H15F2N5O4S. The minimum atomic E-state index is -1.11. The molecule has 0 fully saturated rings. The molecule has 1 amide bonds. The summed E-state index contributed by atoms with van der Waals surface area (Å²) in [7, 11) is 0. The van der Waals surface area contributed by atoms with E-state index >= 15 is 0 Å². The van der Waals surface area contributed by atoms with Crippen LogP contribution < -0.4 is 20.3 Å². The molecule has 3 heterocycles. The van der Waals surface area contributed by atoms with Gasteiger partial charge in [-0.2, -0.15) is 5.10 Å². The molecule has 0 bridgehead atoms.